The van der Waals surface area contributed by atoms with E-state index < -0.39 is 10.0 Å². The Balaban J connectivity index is 2.03. The van der Waals surface area contributed by atoms with Gasteiger partial charge in [0.25, 0.3) is 0 Å². The Kier molecular flexibility index (Phi) is 5.46. The highest BCUT2D eigenvalue weighted by atomic mass is 32.2. The van der Waals surface area contributed by atoms with Gasteiger partial charge in [-0.05, 0) is 42.3 Å². The first-order chi connectivity index (χ1) is 11.0. The molecule has 124 valence electrons. The van der Waals surface area contributed by atoms with Crippen LogP contribution in [-0.4, -0.2) is 29.2 Å². The largest absolute Gasteiger partial charge is 0.497 e. The molecule has 0 atom stereocenters. The quantitative estimate of drug-likeness (QED) is 0.753. The van der Waals surface area contributed by atoms with Gasteiger partial charge in [0.1, 0.15) is 11.5 Å². The predicted molar refractivity (Wildman–Crippen MR) is 89.3 cm³/mol. The number of ether oxygens (including phenoxy) is 2. The lowest BCUT2D eigenvalue weighted by molar-refractivity contribution is 0.391. The number of hydrogen-bond donors (Lipinski definition) is 2. The zero-order valence-corrected chi connectivity index (χ0v) is 13.9. The summed E-state index contributed by atoms with van der Waals surface area (Å²) in [5, 5.41) is 0. The molecule has 0 saturated heterocycles. The zero-order chi connectivity index (χ0) is 16.9. The number of rotatable bonds is 7. The lowest BCUT2D eigenvalue weighted by Crippen LogP contribution is -2.26. The second kappa shape index (κ2) is 7.34. The van der Waals surface area contributed by atoms with Gasteiger partial charge in [0.2, 0.25) is 10.0 Å². The number of nitrogens with two attached hydrogens (primary N) is 1. The van der Waals surface area contributed by atoms with Gasteiger partial charge < -0.3 is 15.2 Å². The summed E-state index contributed by atoms with van der Waals surface area (Å²) < 4.78 is 37.4. The first-order valence-electron chi connectivity index (χ1n) is 7.02. The van der Waals surface area contributed by atoms with E-state index in [4.69, 9.17) is 15.2 Å². The van der Waals surface area contributed by atoms with E-state index in [-0.39, 0.29) is 11.4 Å². The van der Waals surface area contributed by atoms with Crippen LogP contribution in [0.2, 0.25) is 0 Å². The summed E-state index contributed by atoms with van der Waals surface area (Å²) in [4.78, 5) is 0.188. The summed E-state index contributed by atoms with van der Waals surface area (Å²) in [6.45, 7) is 0.259. The SMILES string of the molecule is COc1ccc(CCNS(=O)(=O)c2ccc(N)cc2)c(OC)c1. The van der Waals surface area contributed by atoms with Crippen molar-refractivity contribution in [1.29, 1.82) is 0 Å². The maximum absolute atomic E-state index is 12.2. The van der Waals surface area contributed by atoms with Crippen molar-refractivity contribution >= 4 is 15.7 Å². The van der Waals surface area contributed by atoms with Crippen molar-refractivity contribution in [3.63, 3.8) is 0 Å². The standard InChI is InChI=1S/C16H20N2O4S/c1-21-14-6-3-12(16(11-14)22-2)9-10-18-23(19,20)15-7-4-13(17)5-8-15/h3-8,11,18H,9-10,17H2,1-2H3. The van der Waals surface area contributed by atoms with Crippen LogP contribution in [0.4, 0.5) is 5.69 Å². The van der Waals surface area contributed by atoms with Gasteiger partial charge in [-0.25, -0.2) is 13.1 Å². The number of sulfonamides is 1. The van der Waals surface area contributed by atoms with Gasteiger partial charge in [-0.1, -0.05) is 6.07 Å². The Hall–Kier alpha value is -2.25. The van der Waals surface area contributed by atoms with Crippen LogP contribution in [0.15, 0.2) is 47.4 Å². The molecule has 0 fully saturated rings. The highest BCUT2D eigenvalue weighted by molar-refractivity contribution is 7.89. The maximum Gasteiger partial charge on any atom is 0.240 e. The third-order valence-corrected chi connectivity index (χ3v) is 4.85. The lowest BCUT2D eigenvalue weighted by atomic mass is 10.1. The number of benzene rings is 2. The van der Waals surface area contributed by atoms with Gasteiger partial charge in [-0.2, -0.15) is 0 Å². The Morgan fingerprint density at radius 1 is 1.04 bits per heavy atom. The second-order valence-electron chi connectivity index (χ2n) is 4.89. The fourth-order valence-corrected chi connectivity index (χ4v) is 3.14. The molecule has 0 radical (unpaired) electrons. The molecule has 0 unspecified atom stereocenters. The number of hydrogen-bond acceptors (Lipinski definition) is 5. The van der Waals surface area contributed by atoms with E-state index in [2.05, 4.69) is 4.72 Å². The number of nitrogen functional groups attached to an aromatic ring is 1. The fourth-order valence-electron chi connectivity index (χ4n) is 2.11. The van der Waals surface area contributed by atoms with Gasteiger partial charge in [0.05, 0.1) is 19.1 Å². The molecule has 0 aliphatic carbocycles. The van der Waals surface area contributed by atoms with Crippen LogP contribution in [0, 0.1) is 0 Å². The van der Waals surface area contributed by atoms with Crippen molar-refractivity contribution in [2.45, 2.75) is 11.3 Å². The molecule has 0 heterocycles. The van der Waals surface area contributed by atoms with E-state index in [0.29, 0.717) is 23.6 Å². The number of anilines is 1. The third kappa shape index (κ3) is 4.37. The van der Waals surface area contributed by atoms with Crippen LogP contribution < -0.4 is 19.9 Å². The monoisotopic (exact) mass is 336 g/mol. The summed E-state index contributed by atoms with van der Waals surface area (Å²) in [7, 11) is -0.406. The minimum absolute atomic E-state index is 0.188. The second-order valence-corrected chi connectivity index (χ2v) is 6.66. The Bertz CT molecular complexity index is 758. The average molecular weight is 336 g/mol. The normalized spacial score (nSPS) is 11.2. The molecule has 2 rings (SSSR count). The first kappa shape index (κ1) is 17.1. The van der Waals surface area contributed by atoms with E-state index in [1.54, 1.807) is 32.4 Å². The van der Waals surface area contributed by atoms with Crippen molar-refractivity contribution in [2.24, 2.45) is 0 Å². The summed E-state index contributed by atoms with van der Waals surface area (Å²) in [5.74, 6) is 1.35. The molecule has 7 heteroatoms. The Labute approximate surface area is 136 Å². The summed E-state index contributed by atoms with van der Waals surface area (Å²) in [5.41, 5.74) is 6.98. The summed E-state index contributed by atoms with van der Waals surface area (Å²) in [6.07, 6.45) is 0.501. The topological polar surface area (TPSA) is 90.7 Å². The molecule has 0 aromatic heterocycles. The molecule has 0 bridgehead atoms. The molecule has 0 saturated carbocycles. The molecule has 0 spiro atoms. The van der Waals surface area contributed by atoms with Crippen LogP contribution >= 0.6 is 0 Å². The maximum atomic E-state index is 12.2. The smallest absolute Gasteiger partial charge is 0.240 e. The molecule has 0 aliphatic heterocycles. The van der Waals surface area contributed by atoms with E-state index in [9.17, 15) is 8.42 Å². The van der Waals surface area contributed by atoms with Gasteiger partial charge in [0, 0.05) is 18.3 Å². The molecule has 0 aliphatic rings. The van der Waals surface area contributed by atoms with Crippen LogP contribution in [0.25, 0.3) is 0 Å². The average Bonchev–Trinajstić information content (AvgIpc) is 2.55. The zero-order valence-electron chi connectivity index (χ0n) is 13.1. The highest BCUT2D eigenvalue weighted by Crippen LogP contribution is 2.24. The van der Waals surface area contributed by atoms with E-state index >= 15 is 0 Å². The fraction of sp³-hybridized carbons (Fsp3) is 0.250. The molecular formula is C16H20N2O4S. The van der Waals surface area contributed by atoms with Gasteiger partial charge >= 0.3 is 0 Å². The van der Waals surface area contributed by atoms with Crippen molar-refractivity contribution < 1.29 is 17.9 Å². The minimum atomic E-state index is -3.55. The van der Waals surface area contributed by atoms with E-state index in [1.807, 2.05) is 12.1 Å². The van der Waals surface area contributed by atoms with Gasteiger partial charge in [-0.15, -0.1) is 0 Å². The van der Waals surface area contributed by atoms with Gasteiger partial charge in [0.15, 0.2) is 0 Å². The third-order valence-electron chi connectivity index (χ3n) is 3.37. The number of methoxy groups -OCH3 is 2. The predicted octanol–water partition coefficient (Wildman–Crippen LogP) is 1.81. The summed E-state index contributed by atoms with van der Waals surface area (Å²) >= 11 is 0. The minimum Gasteiger partial charge on any atom is -0.497 e. The summed E-state index contributed by atoms with van der Waals surface area (Å²) in [6, 6.07) is 11.5. The van der Waals surface area contributed by atoms with Gasteiger partial charge in [-0.3, -0.25) is 0 Å². The van der Waals surface area contributed by atoms with Crippen LogP contribution in [-0.2, 0) is 16.4 Å². The van der Waals surface area contributed by atoms with E-state index in [1.165, 1.54) is 12.1 Å². The Morgan fingerprint density at radius 3 is 2.35 bits per heavy atom. The van der Waals surface area contributed by atoms with Crippen molar-refractivity contribution in [1.82, 2.24) is 4.72 Å². The highest BCUT2D eigenvalue weighted by Gasteiger charge is 2.13. The van der Waals surface area contributed by atoms with Crippen LogP contribution in [0.5, 0.6) is 11.5 Å². The molecule has 2 aromatic rings. The van der Waals surface area contributed by atoms with Crippen molar-refractivity contribution in [2.75, 3.05) is 26.5 Å². The molecule has 2 aromatic carbocycles. The van der Waals surface area contributed by atoms with Crippen molar-refractivity contribution in [3.8, 4) is 11.5 Å². The van der Waals surface area contributed by atoms with Crippen LogP contribution in [0.1, 0.15) is 5.56 Å². The first-order valence-corrected chi connectivity index (χ1v) is 8.50. The van der Waals surface area contributed by atoms with Crippen molar-refractivity contribution in [3.05, 3.63) is 48.0 Å². The number of nitrogens with one attached hydrogen (secondary N) is 1. The molecular weight excluding hydrogens is 316 g/mol. The van der Waals surface area contributed by atoms with Crippen LogP contribution in [0.3, 0.4) is 0 Å². The molecule has 3 N–H and O–H groups in total. The van der Waals surface area contributed by atoms with E-state index in [0.717, 1.165) is 5.56 Å². The lowest BCUT2D eigenvalue weighted by Gasteiger charge is -2.11. The molecule has 0 amide bonds. The Morgan fingerprint density at radius 2 is 1.74 bits per heavy atom. The molecule has 23 heavy (non-hydrogen) atoms. The molecule has 6 nitrogen and oxygen atoms in total.